The predicted octanol–water partition coefficient (Wildman–Crippen LogP) is 5.32. The maximum atomic E-state index is 4.79. The van der Waals surface area contributed by atoms with Crippen LogP contribution in [0.3, 0.4) is 0 Å². The monoisotopic (exact) mass is 304 g/mol. The van der Waals surface area contributed by atoms with Gasteiger partial charge in [0, 0.05) is 17.7 Å². The highest BCUT2D eigenvalue weighted by molar-refractivity contribution is 5.61. The number of unbranched alkanes of at least 4 members (excludes halogenated alkanes) is 1. The number of hydrogen-bond acceptors (Lipinski definition) is 1. The fourth-order valence-corrected chi connectivity index (χ4v) is 2.88. The second-order valence-electron chi connectivity index (χ2n) is 6.12. The van der Waals surface area contributed by atoms with Gasteiger partial charge in [0.05, 0.1) is 5.69 Å². The Balaban J connectivity index is 1.73. The van der Waals surface area contributed by atoms with Gasteiger partial charge in [-0.1, -0.05) is 67.9 Å². The number of nitrogens with zero attached hydrogens (tertiary/aromatic N) is 1. The zero-order chi connectivity index (χ0) is 16.1. The average molecular weight is 304 g/mol. The Morgan fingerprint density at radius 2 is 1.61 bits per heavy atom. The average Bonchev–Trinajstić information content (AvgIpc) is 2.95. The van der Waals surface area contributed by atoms with Gasteiger partial charge in [0.25, 0.3) is 0 Å². The number of aryl methyl sites for hydroxylation is 2. The number of imidazole rings is 1. The molecule has 3 rings (SSSR count). The molecule has 118 valence electrons. The van der Waals surface area contributed by atoms with Crippen molar-refractivity contribution < 1.29 is 0 Å². The number of rotatable bonds is 6. The first kappa shape index (κ1) is 15.5. The zero-order valence-corrected chi connectivity index (χ0v) is 14.0. The lowest BCUT2D eigenvalue weighted by molar-refractivity contribution is 0.794. The van der Waals surface area contributed by atoms with Crippen LogP contribution >= 0.6 is 0 Å². The molecule has 0 fully saturated rings. The lowest BCUT2D eigenvalue weighted by Gasteiger charge is -2.02. The topological polar surface area (TPSA) is 28.7 Å². The molecular formula is C21H24N2. The molecule has 3 aromatic rings. The van der Waals surface area contributed by atoms with Crippen molar-refractivity contribution in [3.05, 3.63) is 77.2 Å². The summed E-state index contributed by atoms with van der Waals surface area (Å²) in [4.78, 5) is 8.22. The quantitative estimate of drug-likeness (QED) is 0.656. The Hall–Kier alpha value is -2.35. The van der Waals surface area contributed by atoms with Crippen LogP contribution in [0.4, 0.5) is 0 Å². The first-order valence-corrected chi connectivity index (χ1v) is 8.45. The van der Waals surface area contributed by atoms with Crippen molar-refractivity contribution in [1.82, 2.24) is 9.97 Å². The molecule has 0 spiro atoms. The van der Waals surface area contributed by atoms with E-state index < -0.39 is 0 Å². The van der Waals surface area contributed by atoms with E-state index >= 15 is 0 Å². The minimum atomic E-state index is 0.849. The van der Waals surface area contributed by atoms with Crippen LogP contribution in [0.1, 0.15) is 42.4 Å². The van der Waals surface area contributed by atoms with Crippen LogP contribution in [-0.4, -0.2) is 9.97 Å². The molecule has 0 unspecified atom stereocenters. The normalized spacial score (nSPS) is 10.9. The number of hydrogen-bond donors (Lipinski definition) is 1. The Morgan fingerprint density at radius 3 is 2.30 bits per heavy atom. The first-order valence-electron chi connectivity index (χ1n) is 8.45. The van der Waals surface area contributed by atoms with Crippen molar-refractivity contribution >= 4 is 0 Å². The van der Waals surface area contributed by atoms with Gasteiger partial charge >= 0.3 is 0 Å². The number of aromatic nitrogens is 2. The van der Waals surface area contributed by atoms with Crippen LogP contribution in [0.15, 0.2) is 54.6 Å². The van der Waals surface area contributed by atoms with E-state index in [2.05, 4.69) is 67.4 Å². The summed E-state index contributed by atoms with van der Waals surface area (Å²) in [6.45, 7) is 4.32. The molecule has 1 N–H and O–H groups in total. The molecule has 0 bridgehead atoms. The zero-order valence-electron chi connectivity index (χ0n) is 14.0. The minimum Gasteiger partial charge on any atom is -0.345 e. The second-order valence-corrected chi connectivity index (χ2v) is 6.12. The highest BCUT2D eigenvalue weighted by atomic mass is 14.9. The molecular weight excluding hydrogens is 280 g/mol. The van der Waals surface area contributed by atoms with Crippen LogP contribution < -0.4 is 0 Å². The fraction of sp³-hybridized carbons (Fsp3) is 0.286. The van der Waals surface area contributed by atoms with Crippen LogP contribution in [0.5, 0.6) is 0 Å². The van der Waals surface area contributed by atoms with E-state index in [1.165, 1.54) is 36.0 Å². The number of nitrogens with one attached hydrogen (secondary N) is 1. The molecule has 2 heteroatoms. The van der Waals surface area contributed by atoms with Gasteiger partial charge in [-0.3, -0.25) is 0 Å². The minimum absolute atomic E-state index is 0.849. The highest BCUT2D eigenvalue weighted by Crippen LogP contribution is 2.21. The molecule has 2 aromatic carbocycles. The molecule has 0 amide bonds. The lowest BCUT2D eigenvalue weighted by atomic mass is 10.0. The van der Waals surface area contributed by atoms with Crippen molar-refractivity contribution in [2.24, 2.45) is 0 Å². The maximum Gasteiger partial charge on any atom is 0.111 e. The van der Waals surface area contributed by atoms with E-state index in [4.69, 9.17) is 4.98 Å². The molecule has 0 saturated carbocycles. The summed E-state index contributed by atoms with van der Waals surface area (Å²) in [5, 5.41) is 0. The van der Waals surface area contributed by atoms with Gasteiger partial charge < -0.3 is 4.98 Å². The smallest absolute Gasteiger partial charge is 0.111 e. The summed E-state index contributed by atoms with van der Waals surface area (Å²) in [6, 6.07) is 19.3. The van der Waals surface area contributed by atoms with Crippen LogP contribution in [0, 0.1) is 6.92 Å². The van der Waals surface area contributed by atoms with Gasteiger partial charge in [0.1, 0.15) is 5.82 Å². The first-order chi connectivity index (χ1) is 11.3. The number of aromatic amines is 1. The summed E-state index contributed by atoms with van der Waals surface area (Å²) in [5.74, 6) is 1.03. The van der Waals surface area contributed by atoms with Crippen LogP contribution in [0.2, 0.25) is 0 Å². The van der Waals surface area contributed by atoms with Crippen molar-refractivity contribution in [2.75, 3.05) is 0 Å². The van der Waals surface area contributed by atoms with E-state index in [1.807, 2.05) is 6.07 Å². The fourth-order valence-electron chi connectivity index (χ4n) is 2.88. The Labute approximate surface area is 138 Å². The van der Waals surface area contributed by atoms with E-state index in [9.17, 15) is 0 Å². The van der Waals surface area contributed by atoms with Crippen LogP contribution in [0.25, 0.3) is 11.3 Å². The lowest BCUT2D eigenvalue weighted by Crippen LogP contribution is -1.92. The van der Waals surface area contributed by atoms with E-state index in [0.29, 0.717) is 0 Å². The molecule has 0 saturated heterocycles. The highest BCUT2D eigenvalue weighted by Gasteiger charge is 2.09. The van der Waals surface area contributed by atoms with Gasteiger partial charge in [-0.15, -0.1) is 0 Å². The second kappa shape index (κ2) is 7.28. The summed E-state index contributed by atoms with van der Waals surface area (Å²) in [5.41, 5.74) is 6.09. The molecule has 2 nitrogen and oxygen atoms in total. The van der Waals surface area contributed by atoms with E-state index in [0.717, 1.165) is 23.6 Å². The molecule has 1 heterocycles. The third kappa shape index (κ3) is 3.89. The predicted molar refractivity (Wildman–Crippen MR) is 96.6 cm³/mol. The summed E-state index contributed by atoms with van der Waals surface area (Å²) < 4.78 is 0. The summed E-state index contributed by atoms with van der Waals surface area (Å²) in [7, 11) is 0. The van der Waals surface area contributed by atoms with Crippen molar-refractivity contribution in [1.29, 1.82) is 0 Å². The Bertz CT molecular complexity index is 739. The van der Waals surface area contributed by atoms with Crippen molar-refractivity contribution in [3.63, 3.8) is 0 Å². The number of H-pyrrole nitrogens is 1. The van der Waals surface area contributed by atoms with Gasteiger partial charge in [-0.2, -0.15) is 0 Å². The molecule has 0 aliphatic rings. The van der Waals surface area contributed by atoms with Crippen molar-refractivity contribution in [2.45, 2.75) is 39.5 Å². The molecule has 0 radical (unpaired) electrons. The van der Waals surface area contributed by atoms with E-state index in [-0.39, 0.29) is 0 Å². The maximum absolute atomic E-state index is 4.79. The SMILES string of the molecule is CCCCc1ccc(Cc2nc(-c3ccccc3)c(C)[nH]2)cc1. The van der Waals surface area contributed by atoms with Gasteiger partial charge in [0.15, 0.2) is 0 Å². The van der Waals surface area contributed by atoms with Gasteiger partial charge in [0.2, 0.25) is 0 Å². The third-order valence-electron chi connectivity index (χ3n) is 4.19. The summed E-state index contributed by atoms with van der Waals surface area (Å²) >= 11 is 0. The number of benzene rings is 2. The molecule has 23 heavy (non-hydrogen) atoms. The molecule has 0 aliphatic heterocycles. The molecule has 1 aromatic heterocycles. The standard InChI is InChI=1S/C21H24N2/c1-3-4-8-17-11-13-18(14-12-17)15-20-22-16(2)21(23-20)19-9-6-5-7-10-19/h5-7,9-14H,3-4,8,15H2,1-2H3,(H,22,23). The van der Waals surface area contributed by atoms with Crippen molar-refractivity contribution in [3.8, 4) is 11.3 Å². The largest absolute Gasteiger partial charge is 0.345 e. The van der Waals surface area contributed by atoms with Crippen LogP contribution in [-0.2, 0) is 12.8 Å². The van der Waals surface area contributed by atoms with Gasteiger partial charge in [-0.05, 0) is 30.9 Å². The Kier molecular flexibility index (Phi) is 4.92. The Morgan fingerprint density at radius 1 is 0.913 bits per heavy atom. The van der Waals surface area contributed by atoms with E-state index in [1.54, 1.807) is 0 Å². The molecule has 0 aliphatic carbocycles. The summed E-state index contributed by atoms with van der Waals surface area (Å²) in [6.07, 6.45) is 4.53. The van der Waals surface area contributed by atoms with Gasteiger partial charge in [-0.25, -0.2) is 4.98 Å². The molecule has 0 atom stereocenters. The third-order valence-corrected chi connectivity index (χ3v) is 4.19.